The summed E-state index contributed by atoms with van der Waals surface area (Å²) in [6.07, 6.45) is 0. The molecule has 0 spiro atoms. The van der Waals surface area contributed by atoms with Crippen LogP contribution in [0.2, 0.25) is 0 Å². The van der Waals surface area contributed by atoms with E-state index in [4.69, 9.17) is 5.73 Å². The van der Waals surface area contributed by atoms with Crippen LogP contribution < -0.4 is 10.6 Å². The van der Waals surface area contributed by atoms with Crippen LogP contribution in [-0.4, -0.2) is 14.1 Å². The van der Waals surface area contributed by atoms with Crippen molar-refractivity contribution in [2.45, 2.75) is 13.0 Å². The molecule has 0 heterocycles. The lowest BCUT2D eigenvalue weighted by molar-refractivity contribution is 0.599. The number of hydrogen-bond acceptors (Lipinski definition) is 2. The number of rotatable bonds is 3. The minimum Gasteiger partial charge on any atom is -0.378 e. The summed E-state index contributed by atoms with van der Waals surface area (Å²) in [6, 6.07) is 12.5. The SMILES string of the molecule is Cc1ccc(F)c(C(N)c2cccc(N(C)C)c2)c1. The van der Waals surface area contributed by atoms with Crippen LogP contribution in [0.25, 0.3) is 0 Å². The number of anilines is 1. The second-order valence-electron chi connectivity index (χ2n) is 4.99. The summed E-state index contributed by atoms with van der Waals surface area (Å²) in [7, 11) is 3.94. The van der Waals surface area contributed by atoms with Gasteiger partial charge in [-0.05, 0) is 30.7 Å². The zero-order valence-corrected chi connectivity index (χ0v) is 11.5. The van der Waals surface area contributed by atoms with E-state index < -0.39 is 6.04 Å². The van der Waals surface area contributed by atoms with Gasteiger partial charge in [-0.15, -0.1) is 0 Å². The lowest BCUT2D eigenvalue weighted by Gasteiger charge is -2.18. The molecule has 1 unspecified atom stereocenters. The Morgan fingerprint density at radius 3 is 2.53 bits per heavy atom. The zero-order chi connectivity index (χ0) is 14.0. The average molecular weight is 258 g/mol. The van der Waals surface area contributed by atoms with E-state index >= 15 is 0 Å². The van der Waals surface area contributed by atoms with Crippen molar-refractivity contribution >= 4 is 5.69 Å². The molecule has 1 atom stereocenters. The molecule has 0 aliphatic carbocycles. The molecule has 2 aromatic carbocycles. The van der Waals surface area contributed by atoms with Gasteiger partial charge in [-0.2, -0.15) is 0 Å². The fourth-order valence-corrected chi connectivity index (χ4v) is 2.08. The Morgan fingerprint density at radius 2 is 1.84 bits per heavy atom. The molecule has 19 heavy (non-hydrogen) atoms. The van der Waals surface area contributed by atoms with Gasteiger partial charge in [0.1, 0.15) is 5.82 Å². The highest BCUT2D eigenvalue weighted by molar-refractivity contribution is 5.49. The van der Waals surface area contributed by atoms with E-state index in [0.717, 1.165) is 16.8 Å². The minimum absolute atomic E-state index is 0.256. The Kier molecular flexibility index (Phi) is 3.86. The number of hydrogen-bond donors (Lipinski definition) is 1. The molecule has 2 rings (SSSR count). The average Bonchev–Trinajstić information content (AvgIpc) is 2.41. The third-order valence-electron chi connectivity index (χ3n) is 3.23. The minimum atomic E-state index is -0.445. The second kappa shape index (κ2) is 5.41. The highest BCUT2D eigenvalue weighted by Gasteiger charge is 2.14. The van der Waals surface area contributed by atoms with E-state index in [1.54, 1.807) is 6.07 Å². The Hall–Kier alpha value is -1.87. The van der Waals surface area contributed by atoms with Crippen LogP contribution in [0.4, 0.5) is 10.1 Å². The molecule has 0 saturated carbocycles. The van der Waals surface area contributed by atoms with E-state index in [9.17, 15) is 4.39 Å². The normalized spacial score (nSPS) is 12.3. The van der Waals surface area contributed by atoms with Gasteiger partial charge >= 0.3 is 0 Å². The van der Waals surface area contributed by atoms with Crippen molar-refractivity contribution in [3.63, 3.8) is 0 Å². The van der Waals surface area contributed by atoms with E-state index in [1.165, 1.54) is 6.07 Å². The van der Waals surface area contributed by atoms with Crippen molar-refractivity contribution in [1.29, 1.82) is 0 Å². The molecule has 2 aromatic rings. The molecule has 0 fully saturated rings. The Morgan fingerprint density at radius 1 is 1.11 bits per heavy atom. The van der Waals surface area contributed by atoms with Crippen LogP contribution in [-0.2, 0) is 0 Å². The molecule has 0 aliphatic rings. The molecule has 2 N–H and O–H groups in total. The van der Waals surface area contributed by atoms with Crippen molar-refractivity contribution < 1.29 is 4.39 Å². The predicted octanol–water partition coefficient (Wildman–Crippen LogP) is 3.25. The first-order chi connectivity index (χ1) is 8.99. The molecule has 0 radical (unpaired) electrons. The van der Waals surface area contributed by atoms with Crippen molar-refractivity contribution in [3.05, 3.63) is 65.0 Å². The van der Waals surface area contributed by atoms with Gasteiger partial charge in [0.25, 0.3) is 0 Å². The number of nitrogens with zero attached hydrogens (tertiary/aromatic N) is 1. The van der Waals surface area contributed by atoms with Crippen molar-refractivity contribution in [1.82, 2.24) is 0 Å². The van der Waals surface area contributed by atoms with Crippen LogP contribution in [0.3, 0.4) is 0 Å². The fraction of sp³-hybridized carbons (Fsp3) is 0.250. The Balaban J connectivity index is 2.41. The van der Waals surface area contributed by atoms with Gasteiger partial charge < -0.3 is 10.6 Å². The zero-order valence-electron chi connectivity index (χ0n) is 11.5. The molecule has 2 nitrogen and oxygen atoms in total. The lowest BCUT2D eigenvalue weighted by Crippen LogP contribution is -2.15. The van der Waals surface area contributed by atoms with Crippen LogP contribution in [0.5, 0.6) is 0 Å². The topological polar surface area (TPSA) is 29.3 Å². The molecule has 100 valence electrons. The molecule has 0 aromatic heterocycles. The van der Waals surface area contributed by atoms with Gasteiger partial charge in [0.15, 0.2) is 0 Å². The third-order valence-corrected chi connectivity index (χ3v) is 3.23. The Bertz CT molecular complexity index is 579. The van der Waals surface area contributed by atoms with Gasteiger partial charge in [-0.25, -0.2) is 4.39 Å². The first-order valence-electron chi connectivity index (χ1n) is 6.28. The maximum Gasteiger partial charge on any atom is 0.128 e. The smallest absolute Gasteiger partial charge is 0.128 e. The van der Waals surface area contributed by atoms with Crippen LogP contribution in [0.15, 0.2) is 42.5 Å². The van der Waals surface area contributed by atoms with Gasteiger partial charge in [0.2, 0.25) is 0 Å². The molecule has 0 saturated heterocycles. The van der Waals surface area contributed by atoms with Gasteiger partial charge in [-0.1, -0.05) is 29.8 Å². The monoisotopic (exact) mass is 258 g/mol. The number of aryl methyl sites for hydroxylation is 1. The number of halogens is 1. The summed E-state index contributed by atoms with van der Waals surface area (Å²) in [6.45, 7) is 1.94. The quantitative estimate of drug-likeness (QED) is 0.915. The standard InChI is InChI=1S/C16H19FN2/c1-11-7-8-15(17)14(9-11)16(18)12-5-4-6-13(10-12)19(2)3/h4-10,16H,18H2,1-3H3. The summed E-state index contributed by atoms with van der Waals surface area (Å²) in [4.78, 5) is 2.00. The van der Waals surface area contributed by atoms with E-state index in [0.29, 0.717) is 5.56 Å². The summed E-state index contributed by atoms with van der Waals surface area (Å²) in [5, 5.41) is 0. The van der Waals surface area contributed by atoms with E-state index in [1.807, 2.05) is 56.3 Å². The molecular weight excluding hydrogens is 239 g/mol. The summed E-state index contributed by atoms with van der Waals surface area (Å²) >= 11 is 0. The molecular formula is C16H19FN2. The molecule has 0 amide bonds. The summed E-state index contributed by atoms with van der Waals surface area (Å²) in [5.74, 6) is -0.256. The fourth-order valence-electron chi connectivity index (χ4n) is 2.08. The highest BCUT2D eigenvalue weighted by atomic mass is 19.1. The Labute approximate surface area is 113 Å². The predicted molar refractivity (Wildman–Crippen MR) is 77.9 cm³/mol. The molecule has 0 bridgehead atoms. The van der Waals surface area contributed by atoms with Gasteiger partial charge in [0, 0.05) is 25.3 Å². The lowest BCUT2D eigenvalue weighted by atomic mass is 9.97. The van der Waals surface area contributed by atoms with Crippen LogP contribution in [0.1, 0.15) is 22.7 Å². The van der Waals surface area contributed by atoms with Crippen molar-refractivity contribution in [2.24, 2.45) is 5.73 Å². The van der Waals surface area contributed by atoms with Crippen LogP contribution in [0, 0.1) is 12.7 Å². The summed E-state index contributed by atoms with van der Waals surface area (Å²) < 4.78 is 13.9. The largest absolute Gasteiger partial charge is 0.378 e. The summed E-state index contributed by atoms with van der Waals surface area (Å²) in [5.41, 5.74) is 9.71. The van der Waals surface area contributed by atoms with E-state index in [2.05, 4.69) is 0 Å². The van der Waals surface area contributed by atoms with Crippen molar-refractivity contribution in [2.75, 3.05) is 19.0 Å². The number of benzene rings is 2. The maximum absolute atomic E-state index is 13.9. The van der Waals surface area contributed by atoms with E-state index in [-0.39, 0.29) is 5.82 Å². The molecule has 3 heteroatoms. The first kappa shape index (κ1) is 13.6. The first-order valence-corrected chi connectivity index (χ1v) is 6.28. The molecule has 0 aliphatic heterocycles. The van der Waals surface area contributed by atoms with Gasteiger partial charge in [0.05, 0.1) is 6.04 Å². The highest BCUT2D eigenvalue weighted by Crippen LogP contribution is 2.25. The third kappa shape index (κ3) is 2.93. The number of nitrogens with two attached hydrogens (primary N) is 1. The van der Waals surface area contributed by atoms with Gasteiger partial charge in [-0.3, -0.25) is 0 Å². The van der Waals surface area contributed by atoms with Crippen molar-refractivity contribution in [3.8, 4) is 0 Å². The second-order valence-corrected chi connectivity index (χ2v) is 4.99. The maximum atomic E-state index is 13.9. The van der Waals surface area contributed by atoms with Crippen LogP contribution >= 0.6 is 0 Å².